The lowest BCUT2D eigenvalue weighted by atomic mass is 10.2. The third-order valence-corrected chi connectivity index (χ3v) is 3.50. The SMILES string of the molecule is COc1ccc(CNC(=O)CCNCc2ccccn2)cc1OC. The van der Waals surface area contributed by atoms with Gasteiger partial charge in [-0.3, -0.25) is 9.78 Å². The van der Waals surface area contributed by atoms with Crippen molar-refractivity contribution < 1.29 is 14.3 Å². The fourth-order valence-electron chi connectivity index (χ4n) is 2.20. The van der Waals surface area contributed by atoms with E-state index in [0.29, 0.717) is 37.6 Å². The van der Waals surface area contributed by atoms with Gasteiger partial charge < -0.3 is 20.1 Å². The number of pyridine rings is 1. The van der Waals surface area contributed by atoms with E-state index in [4.69, 9.17) is 9.47 Å². The first-order valence-electron chi connectivity index (χ1n) is 7.81. The van der Waals surface area contributed by atoms with Crippen LogP contribution in [-0.4, -0.2) is 31.7 Å². The lowest BCUT2D eigenvalue weighted by Crippen LogP contribution is -2.27. The minimum absolute atomic E-state index is 0.00157. The Balaban J connectivity index is 1.69. The predicted octanol–water partition coefficient (Wildman–Crippen LogP) is 1.89. The van der Waals surface area contributed by atoms with Crippen LogP contribution in [0.3, 0.4) is 0 Å². The fourth-order valence-corrected chi connectivity index (χ4v) is 2.20. The summed E-state index contributed by atoms with van der Waals surface area (Å²) in [6.07, 6.45) is 2.17. The maximum atomic E-state index is 11.9. The first kappa shape index (κ1) is 17.7. The van der Waals surface area contributed by atoms with Gasteiger partial charge in [0, 0.05) is 32.3 Å². The first-order chi connectivity index (χ1) is 11.7. The van der Waals surface area contributed by atoms with Crippen LogP contribution in [0.5, 0.6) is 11.5 Å². The fraction of sp³-hybridized carbons (Fsp3) is 0.333. The summed E-state index contributed by atoms with van der Waals surface area (Å²) in [6, 6.07) is 11.4. The maximum absolute atomic E-state index is 11.9. The van der Waals surface area contributed by atoms with Crippen LogP contribution in [0.2, 0.25) is 0 Å². The Labute approximate surface area is 142 Å². The summed E-state index contributed by atoms with van der Waals surface area (Å²) in [5.41, 5.74) is 1.92. The number of nitrogens with zero attached hydrogens (tertiary/aromatic N) is 1. The smallest absolute Gasteiger partial charge is 0.221 e. The van der Waals surface area contributed by atoms with Crippen LogP contribution < -0.4 is 20.1 Å². The van der Waals surface area contributed by atoms with Crippen molar-refractivity contribution in [2.45, 2.75) is 19.5 Å². The number of aromatic nitrogens is 1. The Morgan fingerprint density at radius 2 is 1.92 bits per heavy atom. The Kier molecular flexibility index (Phi) is 7.04. The molecular weight excluding hydrogens is 306 g/mol. The molecule has 0 unspecified atom stereocenters. The molecule has 2 aromatic rings. The molecule has 2 N–H and O–H groups in total. The molecule has 24 heavy (non-hydrogen) atoms. The van der Waals surface area contributed by atoms with Gasteiger partial charge >= 0.3 is 0 Å². The first-order valence-corrected chi connectivity index (χ1v) is 7.81. The minimum atomic E-state index is -0.00157. The molecule has 2 rings (SSSR count). The van der Waals surface area contributed by atoms with Gasteiger partial charge in [0.05, 0.1) is 19.9 Å². The zero-order valence-corrected chi connectivity index (χ0v) is 14.0. The van der Waals surface area contributed by atoms with Crippen molar-refractivity contribution in [3.05, 3.63) is 53.9 Å². The van der Waals surface area contributed by atoms with Gasteiger partial charge in [-0.2, -0.15) is 0 Å². The topological polar surface area (TPSA) is 72.5 Å². The minimum Gasteiger partial charge on any atom is -0.493 e. The van der Waals surface area contributed by atoms with E-state index < -0.39 is 0 Å². The van der Waals surface area contributed by atoms with Crippen molar-refractivity contribution in [1.82, 2.24) is 15.6 Å². The highest BCUT2D eigenvalue weighted by Crippen LogP contribution is 2.27. The maximum Gasteiger partial charge on any atom is 0.221 e. The standard InChI is InChI=1S/C18H23N3O3/c1-23-16-7-6-14(11-17(16)24-2)12-21-18(22)8-10-19-13-15-5-3-4-9-20-15/h3-7,9,11,19H,8,10,12-13H2,1-2H3,(H,21,22). The van der Waals surface area contributed by atoms with Crippen molar-refractivity contribution in [3.8, 4) is 11.5 Å². The van der Waals surface area contributed by atoms with Crippen LogP contribution in [-0.2, 0) is 17.9 Å². The van der Waals surface area contributed by atoms with E-state index in [9.17, 15) is 4.79 Å². The molecule has 0 saturated carbocycles. The monoisotopic (exact) mass is 329 g/mol. The number of carbonyl (C=O) groups is 1. The van der Waals surface area contributed by atoms with Crippen LogP contribution in [0.25, 0.3) is 0 Å². The highest BCUT2D eigenvalue weighted by molar-refractivity contribution is 5.76. The third kappa shape index (κ3) is 5.55. The molecule has 1 amide bonds. The molecule has 0 saturated heterocycles. The van der Waals surface area contributed by atoms with Gasteiger partial charge in [-0.15, -0.1) is 0 Å². The molecule has 0 aliphatic heterocycles. The zero-order chi connectivity index (χ0) is 17.2. The number of ether oxygens (including phenoxy) is 2. The molecular formula is C18H23N3O3. The third-order valence-electron chi connectivity index (χ3n) is 3.50. The van der Waals surface area contributed by atoms with Gasteiger partial charge in [0.2, 0.25) is 5.91 Å². The number of nitrogens with one attached hydrogen (secondary N) is 2. The van der Waals surface area contributed by atoms with Crippen LogP contribution in [0.1, 0.15) is 17.7 Å². The van der Waals surface area contributed by atoms with E-state index in [1.54, 1.807) is 20.4 Å². The molecule has 1 heterocycles. The summed E-state index contributed by atoms with van der Waals surface area (Å²) in [7, 11) is 3.19. The number of amides is 1. The summed E-state index contributed by atoms with van der Waals surface area (Å²) in [5, 5.41) is 6.10. The number of hydrogen-bond acceptors (Lipinski definition) is 5. The van der Waals surface area contributed by atoms with Crippen molar-refractivity contribution in [3.63, 3.8) is 0 Å². The van der Waals surface area contributed by atoms with E-state index in [1.165, 1.54) is 0 Å². The highest BCUT2D eigenvalue weighted by Gasteiger charge is 2.06. The second-order valence-electron chi connectivity index (χ2n) is 5.21. The van der Waals surface area contributed by atoms with E-state index in [0.717, 1.165) is 11.3 Å². The van der Waals surface area contributed by atoms with Gasteiger partial charge in [0.15, 0.2) is 11.5 Å². The second-order valence-corrected chi connectivity index (χ2v) is 5.21. The molecule has 0 fully saturated rings. The van der Waals surface area contributed by atoms with E-state index in [2.05, 4.69) is 15.6 Å². The summed E-state index contributed by atoms with van der Waals surface area (Å²) in [5.74, 6) is 1.32. The average Bonchev–Trinajstić information content (AvgIpc) is 2.64. The number of rotatable bonds is 9. The predicted molar refractivity (Wildman–Crippen MR) is 92.0 cm³/mol. The van der Waals surface area contributed by atoms with E-state index in [-0.39, 0.29) is 5.91 Å². The summed E-state index contributed by atoms with van der Waals surface area (Å²) >= 11 is 0. The van der Waals surface area contributed by atoms with Crippen molar-refractivity contribution in [2.24, 2.45) is 0 Å². The van der Waals surface area contributed by atoms with Gasteiger partial charge in [-0.1, -0.05) is 12.1 Å². The van der Waals surface area contributed by atoms with Gasteiger partial charge in [0.1, 0.15) is 0 Å². The molecule has 6 heteroatoms. The Hall–Kier alpha value is -2.60. The van der Waals surface area contributed by atoms with Crippen LogP contribution in [0.15, 0.2) is 42.6 Å². The number of hydrogen-bond donors (Lipinski definition) is 2. The average molecular weight is 329 g/mol. The highest BCUT2D eigenvalue weighted by atomic mass is 16.5. The van der Waals surface area contributed by atoms with Gasteiger partial charge in [0.25, 0.3) is 0 Å². The molecule has 0 radical (unpaired) electrons. The second kappa shape index (κ2) is 9.52. The normalized spacial score (nSPS) is 10.2. The van der Waals surface area contributed by atoms with Crippen molar-refractivity contribution in [1.29, 1.82) is 0 Å². The quantitative estimate of drug-likeness (QED) is 0.688. The van der Waals surface area contributed by atoms with Crippen molar-refractivity contribution >= 4 is 5.91 Å². The molecule has 6 nitrogen and oxygen atoms in total. The molecule has 128 valence electrons. The van der Waals surface area contributed by atoms with Crippen LogP contribution in [0.4, 0.5) is 0 Å². The van der Waals surface area contributed by atoms with Crippen LogP contribution in [0, 0.1) is 0 Å². The number of methoxy groups -OCH3 is 2. The molecule has 0 atom stereocenters. The molecule has 0 bridgehead atoms. The lowest BCUT2D eigenvalue weighted by Gasteiger charge is -2.10. The summed E-state index contributed by atoms with van der Waals surface area (Å²) < 4.78 is 10.4. The zero-order valence-electron chi connectivity index (χ0n) is 14.0. The molecule has 0 spiro atoms. The number of carbonyl (C=O) groups excluding carboxylic acids is 1. The van der Waals surface area contributed by atoms with Gasteiger partial charge in [-0.25, -0.2) is 0 Å². The summed E-state index contributed by atoms with van der Waals surface area (Å²) in [6.45, 7) is 1.72. The van der Waals surface area contributed by atoms with E-state index in [1.807, 2.05) is 36.4 Å². The van der Waals surface area contributed by atoms with Crippen LogP contribution >= 0.6 is 0 Å². The Morgan fingerprint density at radius 3 is 2.62 bits per heavy atom. The molecule has 0 aliphatic carbocycles. The summed E-state index contributed by atoms with van der Waals surface area (Å²) in [4.78, 5) is 16.1. The Morgan fingerprint density at radius 1 is 1.08 bits per heavy atom. The van der Waals surface area contributed by atoms with Crippen molar-refractivity contribution in [2.75, 3.05) is 20.8 Å². The number of benzene rings is 1. The Bertz CT molecular complexity index is 647. The molecule has 1 aromatic carbocycles. The van der Waals surface area contributed by atoms with Gasteiger partial charge in [-0.05, 0) is 29.8 Å². The molecule has 0 aliphatic rings. The molecule has 1 aromatic heterocycles. The largest absolute Gasteiger partial charge is 0.493 e. The van der Waals surface area contributed by atoms with E-state index >= 15 is 0 Å². The lowest BCUT2D eigenvalue weighted by molar-refractivity contribution is -0.121.